The van der Waals surface area contributed by atoms with Crippen LogP contribution in [0.3, 0.4) is 0 Å². The summed E-state index contributed by atoms with van der Waals surface area (Å²) in [4.78, 5) is 35.7. The zero-order valence-electron chi connectivity index (χ0n) is 8.34. The monoisotopic (exact) mass is 219 g/mol. The van der Waals surface area contributed by atoms with E-state index in [1.165, 1.54) is 12.1 Å². The van der Waals surface area contributed by atoms with E-state index < -0.39 is 17.6 Å². The summed E-state index contributed by atoms with van der Waals surface area (Å²) in [5.41, 5.74) is 0.340. The summed E-state index contributed by atoms with van der Waals surface area (Å²) in [7, 11) is 0. The number of aliphatic hydroxyl groups is 1. The summed E-state index contributed by atoms with van der Waals surface area (Å²) in [5.74, 6) is -2.12. The number of ketones is 1. The molecule has 0 atom stereocenters. The Morgan fingerprint density at radius 2 is 1.62 bits per heavy atom. The first-order chi connectivity index (χ1) is 7.66. The van der Waals surface area contributed by atoms with E-state index in [1.807, 2.05) is 0 Å². The number of rotatable bonds is 2. The highest BCUT2D eigenvalue weighted by Crippen LogP contribution is 2.19. The predicted molar refractivity (Wildman–Crippen MR) is 53.9 cm³/mol. The molecule has 0 radical (unpaired) electrons. The standard InChI is InChI=1S/C11H9NO4/c13-6-5-12-10(15)8-4-2-1-3-7(8)9(14)11(12)16/h1-4,13H,5-6H2. The van der Waals surface area contributed by atoms with E-state index in [2.05, 4.69) is 0 Å². The van der Waals surface area contributed by atoms with Crippen LogP contribution in [0.5, 0.6) is 0 Å². The van der Waals surface area contributed by atoms with Crippen molar-refractivity contribution in [3.63, 3.8) is 0 Å². The van der Waals surface area contributed by atoms with Crippen molar-refractivity contribution in [2.75, 3.05) is 13.2 Å². The number of fused-ring (bicyclic) bond motifs is 1. The Balaban J connectivity index is 2.52. The Morgan fingerprint density at radius 3 is 2.25 bits per heavy atom. The minimum absolute atomic E-state index is 0.131. The zero-order chi connectivity index (χ0) is 11.7. The van der Waals surface area contributed by atoms with Crippen LogP contribution in [0.15, 0.2) is 24.3 Å². The number of amides is 2. The van der Waals surface area contributed by atoms with Gasteiger partial charge in [-0.05, 0) is 6.07 Å². The molecule has 5 heteroatoms. The largest absolute Gasteiger partial charge is 0.395 e. The number of aliphatic hydroxyl groups excluding tert-OH is 1. The first kappa shape index (κ1) is 10.5. The fraction of sp³-hybridized carbons (Fsp3) is 0.182. The molecule has 1 aromatic carbocycles. The quantitative estimate of drug-likeness (QED) is 0.554. The van der Waals surface area contributed by atoms with E-state index in [0.717, 1.165) is 4.90 Å². The minimum atomic E-state index is -0.877. The van der Waals surface area contributed by atoms with Crippen LogP contribution in [0.1, 0.15) is 20.7 Å². The molecule has 0 fully saturated rings. The molecule has 0 aromatic heterocycles. The Morgan fingerprint density at radius 1 is 1.00 bits per heavy atom. The van der Waals surface area contributed by atoms with E-state index in [4.69, 9.17) is 5.11 Å². The van der Waals surface area contributed by atoms with Gasteiger partial charge in [0.1, 0.15) is 0 Å². The molecule has 1 aliphatic rings. The third-order valence-corrected chi connectivity index (χ3v) is 2.41. The maximum atomic E-state index is 11.8. The van der Waals surface area contributed by atoms with Gasteiger partial charge >= 0.3 is 5.91 Å². The van der Waals surface area contributed by atoms with Crippen LogP contribution >= 0.6 is 0 Å². The van der Waals surface area contributed by atoms with E-state index in [0.29, 0.717) is 0 Å². The molecule has 0 aliphatic carbocycles. The van der Waals surface area contributed by atoms with Crippen LogP contribution in [0, 0.1) is 0 Å². The van der Waals surface area contributed by atoms with Crippen molar-refractivity contribution in [1.29, 1.82) is 0 Å². The lowest BCUT2D eigenvalue weighted by molar-refractivity contribution is -0.124. The lowest BCUT2D eigenvalue weighted by atomic mass is 9.97. The molecule has 0 spiro atoms. The molecule has 0 bridgehead atoms. The van der Waals surface area contributed by atoms with Gasteiger partial charge in [0, 0.05) is 5.56 Å². The number of β-amino-alcohol motifs (C(OH)–C–C–N with tert-alkyl or cyclic N) is 1. The number of Topliss-reactive ketones (excluding diaryl/α,β-unsaturated/α-hetero) is 1. The third kappa shape index (κ3) is 1.42. The van der Waals surface area contributed by atoms with E-state index in [1.54, 1.807) is 12.1 Å². The van der Waals surface area contributed by atoms with Crippen molar-refractivity contribution in [2.24, 2.45) is 0 Å². The zero-order valence-corrected chi connectivity index (χ0v) is 8.34. The summed E-state index contributed by atoms with van der Waals surface area (Å²) in [6.07, 6.45) is 0. The second-order valence-electron chi connectivity index (χ2n) is 3.36. The molecular formula is C11H9NO4. The summed E-state index contributed by atoms with van der Waals surface area (Å²) in [6.45, 7) is -0.509. The van der Waals surface area contributed by atoms with Gasteiger partial charge in [0.2, 0.25) is 0 Å². The second-order valence-corrected chi connectivity index (χ2v) is 3.36. The van der Waals surface area contributed by atoms with Crippen LogP contribution in [-0.4, -0.2) is 40.8 Å². The van der Waals surface area contributed by atoms with Gasteiger partial charge in [-0.25, -0.2) is 0 Å². The number of nitrogens with zero attached hydrogens (tertiary/aromatic N) is 1. The number of imide groups is 1. The molecule has 1 aromatic rings. The highest BCUT2D eigenvalue weighted by Gasteiger charge is 2.36. The molecule has 0 saturated heterocycles. The smallest absolute Gasteiger partial charge is 0.301 e. The van der Waals surface area contributed by atoms with E-state index in [-0.39, 0.29) is 24.3 Å². The first-order valence-corrected chi connectivity index (χ1v) is 4.77. The maximum Gasteiger partial charge on any atom is 0.301 e. The van der Waals surface area contributed by atoms with Crippen molar-refractivity contribution < 1.29 is 19.5 Å². The van der Waals surface area contributed by atoms with Crippen molar-refractivity contribution in [1.82, 2.24) is 4.90 Å². The molecule has 1 aliphatic heterocycles. The highest BCUT2D eigenvalue weighted by molar-refractivity contribution is 6.49. The summed E-state index contributed by atoms with van der Waals surface area (Å²) in [6, 6.07) is 6.16. The van der Waals surface area contributed by atoms with Gasteiger partial charge in [-0.3, -0.25) is 19.3 Å². The summed E-state index contributed by atoms with van der Waals surface area (Å²) >= 11 is 0. The van der Waals surface area contributed by atoms with Crippen LogP contribution in [0.2, 0.25) is 0 Å². The summed E-state index contributed by atoms with van der Waals surface area (Å²) < 4.78 is 0. The van der Waals surface area contributed by atoms with Gasteiger partial charge in [-0.2, -0.15) is 0 Å². The number of benzene rings is 1. The lowest BCUT2D eigenvalue weighted by Gasteiger charge is -2.24. The second kappa shape index (κ2) is 3.86. The Bertz CT molecular complexity index is 481. The highest BCUT2D eigenvalue weighted by atomic mass is 16.3. The Hall–Kier alpha value is -2.01. The van der Waals surface area contributed by atoms with Crippen LogP contribution in [0.4, 0.5) is 0 Å². The minimum Gasteiger partial charge on any atom is -0.395 e. The SMILES string of the molecule is O=C1C(=O)N(CCO)C(=O)c2ccccc21. The Labute approximate surface area is 91.3 Å². The van der Waals surface area contributed by atoms with Gasteiger partial charge in [0.15, 0.2) is 0 Å². The van der Waals surface area contributed by atoms with Gasteiger partial charge < -0.3 is 5.11 Å². The maximum absolute atomic E-state index is 11.8. The predicted octanol–water partition coefficient (Wildman–Crippen LogP) is -0.156. The normalized spacial score (nSPS) is 15.3. The van der Waals surface area contributed by atoms with Crippen LogP contribution < -0.4 is 0 Å². The Kier molecular flexibility index (Phi) is 2.54. The average Bonchev–Trinajstić information content (AvgIpc) is 2.32. The number of carbonyl (C=O) groups is 3. The average molecular weight is 219 g/mol. The molecule has 0 saturated carbocycles. The van der Waals surface area contributed by atoms with Crippen molar-refractivity contribution in [2.45, 2.75) is 0 Å². The topological polar surface area (TPSA) is 74.7 Å². The lowest BCUT2D eigenvalue weighted by Crippen LogP contribution is -2.47. The fourth-order valence-electron chi connectivity index (χ4n) is 1.65. The molecule has 2 amide bonds. The van der Waals surface area contributed by atoms with Gasteiger partial charge in [0.05, 0.1) is 18.7 Å². The van der Waals surface area contributed by atoms with Crippen LogP contribution in [0.25, 0.3) is 0 Å². The number of carbonyl (C=O) groups excluding carboxylic acids is 3. The van der Waals surface area contributed by atoms with Crippen molar-refractivity contribution >= 4 is 17.6 Å². The first-order valence-electron chi connectivity index (χ1n) is 4.77. The molecule has 1 heterocycles. The molecule has 82 valence electrons. The molecule has 0 unspecified atom stereocenters. The van der Waals surface area contributed by atoms with Gasteiger partial charge in [0.25, 0.3) is 11.7 Å². The van der Waals surface area contributed by atoms with Gasteiger partial charge in [-0.1, -0.05) is 18.2 Å². The van der Waals surface area contributed by atoms with Gasteiger partial charge in [-0.15, -0.1) is 0 Å². The molecule has 1 N–H and O–H groups in total. The molecule has 16 heavy (non-hydrogen) atoms. The molecular weight excluding hydrogens is 210 g/mol. The molecule has 5 nitrogen and oxygen atoms in total. The third-order valence-electron chi connectivity index (χ3n) is 2.41. The number of hydrogen-bond acceptors (Lipinski definition) is 4. The van der Waals surface area contributed by atoms with Crippen molar-refractivity contribution in [3.8, 4) is 0 Å². The molecule has 2 rings (SSSR count). The van der Waals surface area contributed by atoms with Crippen LogP contribution in [-0.2, 0) is 4.79 Å². The van der Waals surface area contributed by atoms with E-state index in [9.17, 15) is 14.4 Å². The van der Waals surface area contributed by atoms with Crippen molar-refractivity contribution in [3.05, 3.63) is 35.4 Å². The number of hydrogen-bond donors (Lipinski definition) is 1. The summed E-state index contributed by atoms with van der Waals surface area (Å²) in [5, 5.41) is 8.73. The fourth-order valence-corrected chi connectivity index (χ4v) is 1.65. The van der Waals surface area contributed by atoms with E-state index >= 15 is 0 Å².